The lowest BCUT2D eigenvalue weighted by molar-refractivity contribution is 0.0822. The number of carbonyl (C=O) groups excluding carboxylic acids is 1. The fourth-order valence-electron chi connectivity index (χ4n) is 2.87. The Morgan fingerprint density at radius 3 is 2.88 bits per heavy atom. The van der Waals surface area contributed by atoms with E-state index in [9.17, 15) is 4.79 Å². The highest BCUT2D eigenvalue weighted by atomic mass is 16.6. The molecule has 3 aromatic heterocycles. The van der Waals surface area contributed by atoms with Crippen LogP contribution < -0.4 is 15.0 Å². The minimum Gasteiger partial charge on any atom is -0.481 e. The number of fused-ring (bicyclic) bond motifs is 1. The number of anilines is 1. The standard InChI is InChI=1S/C17H18N6O3/c1-18-17(24)26-11-9-22(10-11)15-6-5-14-20-8-13(23(14)21-15)12-4-3-7-19-16(12)25-2/h3-8,11H,9-10H2,1-2H3,(H,18,24). The molecule has 4 rings (SSSR count). The molecule has 1 aliphatic rings. The van der Waals surface area contributed by atoms with Crippen molar-refractivity contribution in [2.75, 3.05) is 32.1 Å². The first kappa shape index (κ1) is 16.1. The van der Waals surface area contributed by atoms with Gasteiger partial charge in [0, 0.05) is 13.2 Å². The van der Waals surface area contributed by atoms with Crippen LogP contribution in [0.3, 0.4) is 0 Å². The molecular formula is C17H18N6O3. The summed E-state index contributed by atoms with van der Waals surface area (Å²) in [4.78, 5) is 21.9. The van der Waals surface area contributed by atoms with Crippen LogP contribution in [0.25, 0.3) is 16.9 Å². The molecule has 0 saturated carbocycles. The van der Waals surface area contributed by atoms with Gasteiger partial charge in [0.1, 0.15) is 11.9 Å². The van der Waals surface area contributed by atoms with Gasteiger partial charge in [-0.25, -0.2) is 19.3 Å². The highest BCUT2D eigenvalue weighted by Gasteiger charge is 2.31. The van der Waals surface area contributed by atoms with Crippen molar-refractivity contribution in [2.45, 2.75) is 6.10 Å². The van der Waals surface area contributed by atoms with Gasteiger partial charge in [0.25, 0.3) is 0 Å². The molecule has 0 radical (unpaired) electrons. The van der Waals surface area contributed by atoms with Crippen molar-refractivity contribution < 1.29 is 14.3 Å². The van der Waals surface area contributed by atoms with Gasteiger partial charge in [0.05, 0.1) is 37.7 Å². The Morgan fingerprint density at radius 2 is 2.12 bits per heavy atom. The summed E-state index contributed by atoms with van der Waals surface area (Å²) in [5.74, 6) is 1.31. The summed E-state index contributed by atoms with van der Waals surface area (Å²) in [6, 6.07) is 7.57. The number of ether oxygens (including phenoxy) is 2. The lowest BCUT2D eigenvalue weighted by Crippen LogP contribution is -2.54. The SMILES string of the molecule is CNC(=O)OC1CN(c2ccc3ncc(-c4cccnc4OC)n3n2)C1. The predicted molar refractivity (Wildman–Crippen MR) is 94.3 cm³/mol. The molecule has 0 spiro atoms. The molecule has 3 aromatic rings. The van der Waals surface area contributed by atoms with Crippen molar-refractivity contribution in [1.29, 1.82) is 0 Å². The first-order chi connectivity index (χ1) is 12.7. The first-order valence-electron chi connectivity index (χ1n) is 8.17. The first-order valence-corrected chi connectivity index (χ1v) is 8.17. The minimum absolute atomic E-state index is 0.131. The van der Waals surface area contributed by atoms with E-state index in [1.54, 1.807) is 31.1 Å². The van der Waals surface area contributed by atoms with Crippen molar-refractivity contribution in [1.82, 2.24) is 24.9 Å². The molecule has 0 aliphatic carbocycles. The maximum Gasteiger partial charge on any atom is 0.407 e. The van der Waals surface area contributed by atoms with Crippen LogP contribution >= 0.6 is 0 Å². The Hall–Kier alpha value is -3.36. The van der Waals surface area contributed by atoms with Gasteiger partial charge in [0.2, 0.25) is 5.88 Å². The minimum atomic E-state index is -0.418. The van der Waals surface area contributed by atoms with Crippen molar-refractivity contribution in [2.24, 2.45) is 0 Å². The maximum atomic E-state index is 11.3. The van der Waals surface area contributed by atoms with Crippen LogP contribution in [0.15, 0.2) is 36.7 Å². The smallest absolute Gasteiger partial charge is 0.407 e. The number of amides is 1. The average Bonchev–Trinajstić information content (AvgIpc) is 3.06. The molecule has 1 N–H and O–H groups in total. The number of carbonyl (C=O) groups is 1. The van der Waals surface area contributed by atoms with Crippen LogP contribution in [0, 0.1) is 0 Å². The van der Waals surface area contributed by atoms with Crippen molar-refractivity contribution in [3.05, 3.63) is 36.7 Å². The number of nitrogens with zero attached hydrogens (tertiary/aromatic N) is 5. The van der Waals surface area contributed by atoms with E-state index in [1.807, 2.05) is 29.2 Å². The van der Waals surface area contributed by atoms with E-state index in [0.717, 1.165) is 22.7 Å². The lowest BCUT2D eigenvalue weighted by atomic mass is 10.1. The number of hydrogen-bond donors (Lipinski definition) is 1. The monoisotopic (exact) mass is 354 g/mol. The number of alkyl carbamates (subject to hydrolysis) is 1. The molecule has 9 heteroatoms. The van der Waals surface area contributed by atoms with Crippen molar-refractivity contribution in [3.63, 3.8) is 0 Å². The fourth-order valence-corrected chi connectivity index (χ4v) is 2.87. The van der Waals surface area contributed by atoms with E-state index >= 15 is 0 Å². The Kier molecular flexibility index (Phi) is 4.04. The fraction of sp³-hybridized carbons (Fsp3) is 0.294. The topological polar surface area (TPSA) is 93.9 Å². The number of nitrogens with one attached hydrogen (secondary N) is 1. The van der Waals surface area contributed by atoms with Gasteiger partial charge in [-0.2, -0.15) is 0 Å². The molecule has 4 heterocycles. The molecule has 1 fully saturated rings. The highest BCUT2D eigenvalue weighted by molar-refractivity contribution is 5.68. The Bertz CT molecular complexity index is 951. The molecule has 1 aliphatic heterocycles. The number of hydrogen-bond acceptors (Lipinski definition) is 7. The van der Waals surface area contributed by atoms with E-state index in [1.165, 1.54) is 0 Å². The number of methoxy groups -OCH3 is 1. The third kappa shape index (κ3) is 2.77. The van der Waals surface area contributed by atoms with Crippen LogP contribution in [-0.4, -0.2) is 59.0 Å². The Labute approximate surface area is 149 Å². The van der Waals surface area contributed by atoms with Crippen LogP contribution in [0.2, 0.25) is 0 Å². The van der Waals surface area contributed by atoms with E-state index in [2.05, 4.69) is 20.4 Å². The predicted octanol–water partition coefficient (Wildman–Crippen LogP) is 1.34. The van der Waals surface area contributed by atoms with Gasteiger partial charge in [0.15, 0.2) is 5.65 Å². The third-order valence-electron chi connectivity index (χ3n) is 4.24. The summed E-state index contributed by atoms with van der Waals surface area (Å²) in [7, 11) is 3.13. The van der Waals surface area contributed by atoms with E-state index < -0.39 is 6.09 Å². The molecule has 9 nitrogen and oxygen atoms in total. The molecule has 26 heavy (non-hydrogen) atoms. The number of aromatic nitrogens is 4. The number of imidazole rings is 1. The van der Waals surface area contributed by atoms with Gasteiger partial charge >= 0.3 is 6.09 Å². The highest BCUT2D eigenvalue weighted by Crippen LogP contribution is 2.29. The van der Waals surface area contributed by atoms with Gasteiger partial charge in [-0.05, 0) is 24.3 Å². The lowest BCUT2D eigenvalue weighted by Gasteiger charge is -2.38. The Morgan fingerprint density at radius 1 is 1.27 bits per heavy atom. The van der Waals surface area contributed by atoms with Crippen LogP contribution in [0.4, 0.5) is 10.6 Å². The van der Waals surface area contributed by atoms with Crippen molar-refractivity contribution >= 4 is 17.6 Å². The molecule has 1 amide bonds. The molecule has 0 aromatic carbocycles. The maximum absolute atomic E-state index is 11.3. The van der Waals surface area contributed by atoms with Crippen LogP contribution in [-0.2, 0) is 4.74 Å². The second-order valence-electron chi connectivity index (χ2n) is 5.85. The molecule has 134 valence electrons. The molecular weight excluding hydrogens is 336 g/mol. The second-order valence-corrected chi connectivity index (χ2v) is 5.85. The number of rotatable bonds is 4. The molecule has 0 unspecified atom stereocenters. The zero-order valence-electron chi connectivity index (χ0n) is 14.4. The second kappa shape index (κ2) is 6.51. The zero-order valence-corrected chi connectivity index (χ0v) is 14.4. The van der Waals surface area contributed by atoms with Crippen LogP contribution in [0.1, 0.15) is 0 Å². The summed E-state index contributed by atoms with van der Waals surface area (Å²) >= 11 is 0. The van der Waals surface area contributed by atoms with Gasteiger partial charge in [-0.1, -0.05) is 0 Å². The zero-order chi connectivity index (χ0) is 18.1. The summed E-state index contributed by atoms with van der Waals surface area (Å²) in [5.41, 5.74) is 2.34. The summed E-state index contributed by atoms with van der Waals surface area (Å²) in [5, 5.41) is 7.13. The van der Waals surface area contributed by atoms with Crippen molar-refractivity contribution in [3.8, 4) is 17.1 Å². The number of pyridine rings is 1. The molecule has 0 atom stereocenters. The summed E-state index contributed by atoms with van der Waals surface area (Å²) in [6.45, 7) is 1.21. The van der Waals surface area contributed by atoms with E-state index in [-0.39, 0.29) is 6.10 Å². The van der Waals surface area contributed by atoms with Crippen LogP contribution in [0.5, 0.6) is 5.88 Å². The summed E-state index contributed by atoms with van der Waals surface area (Å²) < 4.78 is 12.3. The van der Waals surface area contributed by atoms with Gasteiger partial charge in [-0.15, -0.1) is 5.10 Å². The quantitative estimate of drug-likeness (QED) is 0.756. The Balaban J connectivity index is 1.61. The third-order valence-corrected chi connectivity index (χ3v) is 4.24. The average molecular weight is 354 g/mol. The van der Waals surface area contributed by atoms with E-state index in [4.69, 9.17) is 9.47 Å². The molecule has 1 saturated heterocycles. The summed E-state index contributed by atoms with van der Waals surface area (Å²) in [6.07, 6.45) is 2.88. The van der Waals surface area contributed by atoms with E-state index in [0.29, 0.717) is 19.0 Å². The van der Waals surface area contributed by atoms with Gasteiger partial charge < -0.3 is 19.7 Å². The molecule has 0 bridgehead atoms. The van der Waals surface area contributed by atoms with Gasteiger partial charge in [-0.3, -0.25) is 0 Å². The largest absolute Gasteiger partial charge is 0.481 e. The normalized spacial score (nSPS) is 14.2.